The fourth-order valence-corrected chi connectivity index (χ4v) is 2.65. The molecule has 0 spiro atoms. The summed E-state index contributed by atoms with van der Waals surface area (Å²) in [5.41, 5.74) is 2.90. The predicted octanol–water partition coefficient (Wildman–Crippen LogP) is 4.11. The highest BCUT2D eigenvalue weighted by atomic mass is 16.5. The maximum Gasteiger partial charge on any atom is 0.229 e. The predicted molar refractivity (Wildman–Crippen MR) is 106 cm³/mol. The number of para-hydroxylation sites is 2. The Hall–Kier alpha value is -3.41. The van der Waals surface area contributed by atoms with Gasteiger partial charge in [-0.15, -0.1) is 10.2 Å². The van der Waals surface area contributed by atoms with E-state index in [2.05, 4.69) is 20.8 Å². The van der Waals surface area contributed by atoms with E-state index in [1.54, 1.807) is 12.1 Å². The number of ether oxygens (including phenoxy) is 1. The molecule has 0 aliphatic carbocycles. The van der Waals surface area contributed by atoms with Gasteiger partial charge in [-0.05, 0) is 43.7 Å². The Labute approximate surface area is 158 Å². The first-order chi connectivity index (χ1) is 13.1. The van der Waals surface area contributed by atoms with E-state index in [0.717, 1.165) is 22.6 Å². The van der Waals surface area contributed by atoms with Gasteiger partial charge < -0.3 is 15.4 Å². The highest BCUT2D eigenvalue weighted by Crippen LogP contribution is 2.26. The van der Waals surface area contributed by atoms with Gasteiger partial charge in [-0.1, -0.05) is 42.0 Å². The molecule has 3 rings (SSSR count). The lowest BCUT2D eigenvalue weighted by atomic mass is 10.1. The Morgan fingerprint density at radius 1 is 1.00 bits per heavy atom. The minimum Gasteiger partial charge on any atom is -0.492 e. The van der Waals surface area contributed by atoms with Crippen molar-refractivity contribution in [2.75, 3.05) is 17.2 Å². The molecular weight excluding hydrogens is 340 g/mol. The molecule has 2 N–H and O–H groups in total. The third kappa shape index (κ3) is 5.28. The molecule has 0 aliphatic rings. The zero-order valence-corrected chi connectivity index (χ0v) is 15.4. The molecule has 6 heteroatoms. The van der Waals surface area contributed by atoms with Crippen molar-refractivity contribution in [2.24, 2.45) is 0 Å². The zero-order chi connectivity index (χ0) is 19.1. The van der Waals surface area contributed by atoms with Crippen molar-refractivity contribution in [3.05, 3.63) is 71.8 Å². The summed E-state index contributed by atoms with van der Waals surface area (Å²) in [7, 11) is 0. The molecule has 27 heavy (non-hydrogen) atoms. The van der Waals surface area contributed by atoms with Crippen LogP contribution in [0.2, 0.25) is 0 Å². The molecule has 0 fully saturated rings. The highest BCUT2D eigenvalue weighted by molar-refractivity contribution is 5.91. The number of aryl methyl sites for hydroxylation is 1. The van der Waals surface area contributed by atoms with Gasteiger partial charge >= 0.3 is 0 Å². The Bertz CT molecular complexity index is 910. The van der Waals surface area contributed by atoms with Crippen LogP contribution < -0.4 is 15.4 Å². The molecule has 0 atom stereocenters. The van der Waals surface area contributed by atoms with Gasteiger partial charge in [0.25, 0.3) is 0 Å². The lowest BCUT2D eigenvalue weighted by Crippen LogP contribution is -2.15. The fourth-order valence-electron chi connectivity index (χ4n) is 2.65. The average Bonchev–Trinajstić information content (AvgIpc) is 2.65. The average molecular weight is 362 g/mol. The quantitative estimate of drug-likeness (QED) is 0.661. The van der Waals surface area contributed by atoms with E-state index in [0.29, 0.717) is 24.7 Å². The summed E-state index contributed by atoms with van der Waals surface area (Å²) in [6, 6.07) is 19.0. The van der Waals surface area contributed by atoms with Crippen LogP contribution in [0, 0.1) is 6.92 Å². The van der Waals surface area contributed by atoms with Gasteiger partial charge in [0.05, 0.1) is 18.7 Å². The smallest absolute Gasteiger partial charge is 0.229 e. The number of benzene rings is 2. The van der Waals surface area contributed by atoms with E-state index >= 15 is 0 Å². The molecule has 0 radical (unpaired) electrons. The molecule has 1 amide bonds. The van der Waals surface area contributed by atoms with Gasteiger partial charge in [0.15, 0.2) is 11.6 Å². The number of hydrogen-bond donors (Lipinski definition) is 2. The van der Waals surface area contributed by atoms with Crippen molar-refractivity contribution in [1.29, 1.82) is 0 Å². The summed E-state index contributed by atoms with van der Waals surface area (Å²) in [6.07, 6.45) is 0.297. The van der Waals surface area contributed by atoms with Crippen LogP contribution in [0.25, 0.3) is 0 Å². The molecule has 1 aromatic heterocycles. The van der Waals surface area contributed by atoms with Gasteiger partial charge in [0.2, 0.25) is 5.91 Å². The summed E-state index contributed by atoms with van der Waals surface area (Å²) in [5.74, 6) is 1.60. The van der Waals surface area contributed by atoms with E-state index in [1.165, 1.54) is 0 Å². The van der Waals surface area contributed by atoms with Gasteiger partial charge in [0, 0.05) is 0 Å². The standard InChI is InChI=1S/C21H22N4O2/c1-3-27-18-10-5-4-9-17(18)22-19-11-12-20(25-24-19)23-21(26)14-16-8-6-7-15(2)13-16/h4-13H,3,14H2,1-2H3,(H,22,24)(H,23,25,26). The Balaban J connectivity index is 1.61. The van der Waals surface area contributed by atoms with Gasteiger partial charge in [-0.25, -0.2) is 0 Å². The summed E-state index contributed by atoms with van der Waals surface area (Å²) >= 11 is 0. The lowest BCUT2D eigenvalue weighted by Gasteiger charge is -2.11. The molecule has 0 aliphatic heterocycles. The first-order valence-electron chi connectivity index (χ1n) is 8.82. The van der Waals surface area contributed by atoms with Crippen LogP contribution in [0.1, 0.15) is 18.1 Å². The SMILES string of the molecule is CCOc1ccccc1Nc1ccc(NC(=O)Cc2cccc(C)c2)nn1. The monoisotopic (exact) mass is 362 g/mol. The topological polar surface area (TPSA) is 76.1 Å². The van der Waals surface area contributed by atoms with Crippen molar-refractivity contribution in [3.8, 4) is 5.75 Å². The Morgan fingerprint density at radius 3 is 2.52 bits per heavy atom. The zero-order valence-electron chi connectivity index (χ0n) is 15.4. The minimum absolute atomic E-state index is 0.127. The second kappa shape index (κ2) is 8.80. The molecule has 2 aromatic carbocycles. The van der Waals surface area contributed by atoms with Crippen molar-refractivity contribution in [2.45, 2.75) is 20.3 Å². The Kier molecular flexibility index (Phi) is 5.99. The van der Waals surface area contributed by atoms with Crippen LogP contribution in [-0.4, -0.2) is 22.7 Å². The van der Waals surface area contributed by atoms with Crippen LogP contribution in [0.5, 0.6) is 5.75 Å². The van der Waals surface area contributed by atoms with E-state index in [1.807, 2.05) is 62.4 Å². The van der Waals surface area contributed by atoms with Crippen LogP contribution in [0.15, 0.2) is 60.7 Å². The number of anilines is 3. The number of nitrogens with zero attached hydrogens (tertiary/aromatic N) is 2. The van der Waals surface area contributed by atoms with Crippen LogP contribution in [0.3, 0.4) is 0 Å². The van der Waals surface area contributed by atoms with Crippen molar-refractivity contribution in [3.63, 3.8) is 0 Å². The minimum atomic E-state index is -0.127. The maximum atomic E-state index is 12.2. The molecular formula is C21H22N4O2. The number of carbonyl (C=O) groups is 1. The van der Waals surface area contributed by atoms with Crippen molar-refractivity contribution < 1.29 is 9.53 Å². The molecule has 138 valence electrons. The van der Waals surface area contributed by atoms with Gasteiger partial charge in [-0.2, -0.15) is 0 Å². The normalized spacial score (nSPS) is 10.3. The number of aromatic nitrogens is 2. The van der Waals surface area contributed by atoms with Gasteiger partial charge in [0.1, 0.15) is 5.75 Å². The van der Waals surface area contributed by atoms with E-state index in [4.69, 9.17) is 4.74 Å². The number of amides is 1. The van der Waals surface area contributed by atoms with Crippen LogP contribution in [0.4, 0.5) is 17.3 Å². The number of hydrogen-bond acceptors (Lipinski definition) is 5. The fraction of sp³-hybridized carbons (Fsp3) is 0.190. The maximum absolute atomic E-state index is 12.2. The second-order valence-corrected chi connectivity index (χ2v) is 6.07. The third-order valence-corrected chi connectivity index (χ3v) is 3.83. The number of nitrogens with one attached hydrogen (secondary N) is 2. The van der Waals surface area contributed by atoms with E-state index < -0.39 is 0 Å². The summed E-state index contributed by atoms with van der Waals surface area (Å²) in [4.78, 5) is 12.2. The highest BCUT2D eigenvalue weighted by Gasteiger charge is 2.07. The first-order valence-corrected chi connectivity index (χ1v) is 8.82. The largest absolute Gasteiger partial charge is 0.492 e. The van der Waals surface area contributed by atoms with Crippen molar-refractivity contribution in [1.82, 2.24) is 10.2 Å². The first kappa shape index (κ1) is 18.4. The molecule has 0 saturated carbocycles. The van der Waals surface area contributed by atoms with E-state index in [9.17, 15) is 4.79 Å². The summed E-state index contributed by atoms with van der Waals surface area (Å²) in [5, 5.41) is 14.1. The van der Waals surface area contributed by atoms with Gasteiger partial charge in [-0.3, -0.25) is 4.79 Å². The van der Waals surface area contributed by atoms with Crippen molar-refractivity contribution >= 4 is 23.2 Å². The lowest BCUT2D eigenvalue weighted by molar-refractivity contribution is -0.115. The molecule has 0 saturated heterocycles. The molecule has 0 unspecified atom stereocenters. The van der Waals surface area contributed by atoms with E-state index in [-0.39, 0.29) is 5.91 Å². The third-order valence-electron chi connectivity index (χ3n) is 3.83. The van der Waals surface area contributed by atoms with Crippen LogP contribution in [-0.2, 0) is 11.2 Å². The molecule has 6 nitrogen and oxygen atoms in total. The summed E-state index contributed by atoms with van der Waals surface area (Å²) < 4.78 is 5.58. The number of rotatable bonds is 7. The molecule has 0 bridgehead atoms. The molecule has 1 heterocycles. The Morgan fingerprint density at radius 2 is 1.78 bits per heavy atom. The number of carbonyl (C=O) groups excluding carboxylic acids is 1. The molecule has 3 aromatic rings. The second-order valence-electron chi connectivity index (χ2n) is 6.07. The van der Waals surface area contributed by atoms with Crippen LogP contribution >= 0.6 is 0 Å². The summed E-state index contributed by atoms with van der Waals surface area (Å²) in [6.45, 7) is 4.52.